The highest BCUT2D eigenvalue weighted by Gasteiger charge is 2.03. The first-order valence-electron chi connectivity index (χ1n) is 4.96. The third-order valence-electron chi connectivity index (χ3n) is 1.84. The molecule has 0 radical (unpaired) electrons. The average molecular weight is 374 g/mol. The molecule has 0 spiro atoms. The molecule has 0 aromatic carbocycles. The fraction of sp³-hybridized carbons (Fsp3) is 0.500. The molecule has 1 rings (SSSR count). The van der Waals surface area contributed by atoms with Crippen LogP contribution >= 0.6 is 31.9 Å². The van der Waals surface area contributed by atoms with E-state index >= 15 is 0 Å². The zero-order chi connectivity index (χ0) is 12.7. The summed E-state index contributed by atoms with van der Waals surface area (Å²) >= 11 is 6.69. The molecule has 0 saturated carbocycles. The highest BCUT2D eigenvalue weighted by molar-refractivity contribution is 9.11. The SMILES string of the molecule is FC(F)COCCNCc1ncc(Br)cc1Br. The van der Waals surface area contributed by atoms with Crippen molar-refractivity contribution >= 4 is 31.9 Å². The second kappa shape index (κ2) is 8.07. The smallest absolute Gasteiger partial charge is 0.261 e. The van der Waals surface area contributed by atoms with Crippen LogP contribution in [0.1, 0.15) is 5.69 Å². The summed E-state index contributed by atoms with van der Waals surface area (Å²) in [5.41, 5.74) is 0.863. The van der Waals surface area contributed by atoms with Gasteiger partial charge >= 0.3 is 0 Å². The summed E-state index contributed by atoms with van der Waals surface area (Å²) in [5, 5.41) is 3.06. The second-order valence-corrected chi connectivity index (χ2v) is 4.99. The van der Waals surface area contributed by atoms with Gasteiger partial charge in [0.1, 0.15) is 6.61 Å². The molecule has 0 amide bonds. The van der Waals surface area contributed by atoms with Crippen LogP contribution in [0.15, 0.2) is 21.2 Å². The van der Waals surface area contributed by atoms with Crippen LogP contribution in [0.4, 0.5) is 8.78 Å². The molecule has 0 bridgehead atoms. The number of rotatable bonds is 7. The minimum atomic E-state index is -2.41. The molecule has 1 N–H and O–H groups in total. The maximum atomic E-state index is 11.7. The lowest BCUT2D eigenvalue weighted by atomic mass is 10.3. The Kier molecular flexibility index (Phi) is 7.10. The monoisotopic (exact) mass is 372 g/mol. The predicted molar refractivity (Wildman–Crippen MR) is 68.2 cm³/mol. The van der Waals surface area contributed by atoms with Crippen LogP contribution in [-0.4, -0.2) is 31.2 Å². The van der Waals surface area contributed by atoms with Crippen molar-refractivity contribution in [3.8, 4) is 0 Å². The number of nitrogens with zero attached hydrogens (tertiary/aromatic N) is 1. The van der Waals surface area contributed by atoms with Crippen molar-refractivity contribution in [1.29, 1.82) is 0 Å². The third-order valence-corrected chi connectivity index (χ3v) is 2.96. The van der Waals surface area contributed by atoms with Gasteiger partial charge in [-0.1, -0.05) is 0 Å². The van der Waals surface area contributed by atoms with Crippen LogP contribution in [-0.2, 0) is 11.3 Å². The van der Waals surface area contributed by atoms with E-state index in [1.807, 2.05) is 6.07 Å². The van der Waals surface area contributed by atoms with E-state index < -0.39 is 13.0 Å². The van der Waals surface area contributed by atoms with Crippen LogP contribution in [0.5, 0.6) is 0 Å². The molecule has 3 nitrogen and oxygen atoms in total. The maximum absolute atomic E-state index is 11.7. The minimum absolute atomic E-state index is 0.262. The average Bonchev–Trinajstić information content (AvgIpc) is 2.25. The van der Waals surface area contributed by atoms with Crippen molar-refractivity contribution in [3.05, 3.63) is 26.9 Å². The first kappa shape index (κ1) is 14.9. The van der Waals surface area contributed by atoms with Gasteiger partial charge in [0.05, 0.1) is 12.3 Å². The van der Waals surface area contributed by atoms with Crippen LogP contribution < -0.4 is 5.32 Å². The van der Waals surface area contributed by atoms with Crippen LogP contribution in [0, 0.1) is 0 Å². The van der Waals surface area contributed by atoms with Crippen LogP contribution in [0.2, 0.25) is 0 Å². The Morgan fingerprint density at radius 3 is 2.82 bits per heavy atom. The molecule has 1 aromatic rings. The quantitative estimate of drug-likeness (QED) is 0.746. The van der Waals surface area contributed by atoms with Crippen molar-refractivity contribution in [3.63, 3.8) is 0 Å². The van der Waals surface area contributed by atoms with Gasteiger partial charge in [0.15, 0.2) is 0 Å². The highest BCUT2D eigenvalue weighted by atomic mass is 79.9. The number of nitrogens with one attached hydrogen (secondary N) is 1. The standard InChI is InChI=1S/C10H12Br2F2N2O/c11-7-3-8(12)9(16-4-7)5-15-1-2-17-6-10(13)14/h3-4,10,15H,1-2,5-6H2. The van der Waals surface area contributed by atoms with Gasteiger partial charge in [-0.15, -0.1) is 0 Å². The van der Waals surface area contributed by atoms with Gasteiger partial charge in [-0.05, 0) is 37.9 Å². The first-order valence-corrected chi connectivity index (χ1v) is 6.54. The van der Waals surface area contributed by atoms with Crippen molar-refractivity contribution in [2.45, 2.75) is 13.0 Å². The summed E-state index contributed by atoms with van der Waals surface area (Å²) in [6.07, 6.45) is -0.702. The molecule has 1 aromatic heterocycles. The lowest BCUT2D eigenvalue weighted by molar-refractivity contribution is 0.0187. The molecule has 0 fully saturated rings. The number of ether oxygens (including phenoxy) is 1. The Hall–Kier alpha value is -0.110. The van der Waals surface area contributed by atoms with E-state index in [4.69, 9.17) is 4.74 Å². The molecule has 7 heteroatoms. The molecule has 0 unspecified atom stereocenters. The Balaban J connectivity index is 2.18. The molecule has 0 aliphatic rings. The zero-order valence-electron chi connectivity index (χ0n) is 8.93. The van der Waals surface area contributed by atoms with Gasteiger partial charge in [0.25, 0.3) is 6.43 Å². The van der Waals surface area contributed by atoms with Gasteiger partial charge in [-0.2, -0.15) is 0 Å². The van der Waals surface area contributed by atoms with Crippen LogP contribution in [0.25, 0.3) is 0 Å². The van der Waals surface area contributed by atoms with Crippen molar-refractivity contribution in [2.75, 3.05) is 19.8 Å². The zero-order valence-corrected chi connectivity index (χ0v) is 12.1. The van der Waals surface area contributed by atoms with Gasteiger partial charge in [0.2, 0.25) is 0 Å². The molecular formula is C10H12Br2F2N2O. The van der Waals surface area contributed by atoms with Gasteiger partial charge in [-0.3, -0.25) is 4.98 Å². The topological polar surface area (TPSA) is 34.1 Å². The Morgan fingerprint density at radius 2 is 2.18 bits per heavy atom. The summed E-state index contributed by atoms with van der Waals surface area (Å²) in [6.45, 7) is 0.823. The number of alkyl halides is 2. The number of halogens is 4. The van der Waals surface area contributed by atoms with Gasteiger partial charge in [0, 0.05) is 28.2 Å². The van der Waals surface area contributed by atoms with E-state index in [-0.39, 0.29) is 6.61 Å². The fourth-order valence-corrected chi connectivity index (χ4v) is 2.22. The van der Waals surface area contributed by atoms with E-state index in [0.717, 1.165) is 14.6 Å². The molecule has 0 atom stereocenters. The lowest BCUT2D eigenvalue weighted by Gasteiger charge is -2.07. The molecule has 96 valence electrons. The van der Waals surface area contributed by atoms with Gasteiger partial charge < -0.3 is 10.1 Å². The van der Waals surface area contributed by atoms with Crippen molar-refractivity contribution < 1.29 is 13.5 Å². The van der Waals surface area contributed by atoms with Gasteiger partial charge in [-0.25, -0.2) is 8.78 Å². The number of aromatic nitrogens is 1. The molecule has 17 heavy (non-hydrogen) atoms. The van der Waals surface area contributed by atoms with E-state index in [1.165, 1.54) is 0 Å². The van der Waals surface area contributed by atoms with Crippen molar-refractivity contribution in [1.82, 2.24) is 10.3 Å². The Morgan fingerprint density at radius 1 is 1.41 bits per heavy atom. The van der Waals surface area contributed by atoms with Crippen LogP contribution in [0.3, 0.4) is 0 Å². The summed E-state index contributed by atoms with van der Waals surface area (Å²) in [4.78, 5) is 4.21. The summed E-state index contributed by atoms with van der Waals surface area (Å²) in [7, 11) is 0. The highest BCUT2D eigenvalue weighted by Crippen LogP contribution is 2.19. The fourth-order valence-electron chi connectivity index (χ4n) is 1.10. The maximum Gasteiger partial charge on any atom is 0.261 e. The summed E-state index contributed by atoms with van der Waals surface area (Å²) in [5.74, 6) is 0. The largest absolute Gasteiger partial charge is 0.374 e. The second-order valence-electron chi connectivity index (χ2n) is 3.22. The Labute approximate surface area is 115 Å². The molecule has 0 saturated heterocycles. The number of pyridine rings is 1. The predicted octanol–water partition coefficient (Wildman–Crippen LogP) is 2.98. The molecule has 1 heterocycles. The lowest BCUT2D eigenvalue weighted by Crippen LogP contribution is -2.21. The normalized spacial score (nSPS) is 11.1. The number of hydrogen-bond acceptors (Lipinski definition) is 3. The van der Waals surface area contributed by atoms with E-state index in [0.29, 0.717) is 13.1 Å². The minimum Gasteiger partial charge on any atom is -0.374 e. The summed E-state index contributed by atoms with van der Waals surface area (Å²) < 4.78 is 30.0. The third kappa shape index (κ3) is 6.40. The summed E-state index contributed by atoms with van der Waals surface area (Å²) in [6, 6.07) is 1.90. The molecular weight excluding hydrogens is 362 g/mol. The molecule has 0 aliphatic carbocycles. The molecule has 0 aliphatic heterocycles. The number of hydrogen-bond donors (Lipinski definition) is 1. The van der Waals surface area contributed by atoms with E-state index in [9.17, 15) is 8.78 Å². The van der Waals surface area contributed by atoms with E-state index in [1.54, 1.807) is 6.20 Å². The van der Waals surface area contributed by atoms with Crippen molar-refractivity contribution in [2.24, 2.45) is 0 Å². The van der Waals surface area contributed by atoms with E-state index in [2.05, 4.69) is 42.2 Å². The Bertz CT molecular complexity index is 353. The first-order chi connectivity index (χ1) is 8.09.